The van der Waals surface area contributed by atoms with Gasteiger partial charge >= 0.3 is 0 Å². The highest BCUT2D eigenvalue weighted by Gasteiger charge is 2.31. The van der Waals surface area contributed by atoms with Crippen LogP contribution in [-0.2, 0) is 0 Å². The van der Waals surface area contributed by atoms with Gasteiger partial charge in [-0.25, -0.2) is 0 Å². The van der Waals surface area contributed by atoms with Gasteiger partial charge in [-0.05, 0) is 49.1 Å². The number of benzene rings is 2. The van der Waals surface area contributed by atoms with Gasteiger partial charge in [-0.1, -0.05) is 24.3 Å². The van der Waals surface area contributed by atoms with Crippen molar-refractivity contribution in [2.75, 3.05) is 13.3 Å². The Kier molecular flexibility index (Phi) is 3.45. The number of aryl methyl sites for hydroxylation is 1. The molecule has 0 saturated carbocycles. The Morgan fingerprint density at radius 2 is 1.96 bits per heavy atom. The number of amides is 1. The van der Waals surface area contributed by atoms with Crippen LogP contribution >= 0.6 is 0 Å². The fourth-order valence-corrected chi connectivity index (χ4v) is 3.49. The van der Waals surface area contributed by atoms with Crippen LogP contribution < -0.4 is 9.47 Å². The standard InChI is InChI=1S/C19H19NO3/c1-13-5-2-3-6-15(13)16-7-4-10-20(16)19(21)14-8-9-17-18(11-14)23-12-22-17/h2-3,5-6,8-9,11,16H,4,7,10,12H2,1H3/t16-/m1/s1. The predicted octanol–water partition coefficient (Wildman–Crippen LogP) is 3.70. The molecule has 0 radical (unpaired) electrons. The quantitative estimate of drug-likeness (QED) is 0.849. The van der Waals surface area contributed by atoms with Crippen LogP contribution in [0.4, 0.5) is 0 Å². The van der Waals surface area contributed by atoms with Crippen molar-refractivity contribution in [3.63, 3.8) is 0 Å². The number of rotatable bonds is 2. The summed E-state index contributed by atoms with van der Waals surface area (Å²) in [6, 6.07) is 13.9. The second-order valence-electron chi connectivity index (χ2n) is 6.08. The average Bonchev–Trinajstić information content (AvgIpc) is 3.23. The molecule has 0 N–H and O–H groups in total. The van der Waals surface area contributed by atoms with E-state index in [0.29, 0.717) is 17.1 Å². The summed E-state index contributed by atoms with van der Waals surface area (Å²) in [5.41, 5.74) is 3.15. The molecular weight excluding hydrogens is 290 g/mol. The number of nitrogens with zero attached hydrogens (tertiary/aromatic N) is 1. The Hall–Kier alpha value is -2.49. The number of hydrogen-bond donors (Lipinski definition) is 0. The highest BCUT2D eigenvalue weighted by Crippen LogP contribution is 2.37. The van der Waals surface area contributed by atoms with Gasteiger partial charge in [0.25, 0.3) is 5.91 Å². The van der Waals surface area contributed by atoms with E-state index in [9.17, 15) is 4.79 Å². The largest absolute Gasteiger partial charge is 0.454 e. The zero-order valence-electron chi connectivity index (χ0n) is 13.1. The monoisotopic (exact) mass is 309 g/mol. The highest BCUT2D eigenvalue weighted by atomic mass is 16.7. The predicted molar refractivity (Wildman–Crippen MR) is 86.8 cm³/mol. The normalized spacial score (nSPS) is 19.2. The van der Waals surface area contributed by atoms with E-state index in [1.54, 1.807) is 6.07 Å². The molecule has 1 atom stereocenters. The molecule has 23 heavy (non-hydrogen) atoms. The van der Waals surface area contributed by atoms with Gasteiger partial charge in [0, 0.05) is 12.1 Å². The van der Waals surface area contributed by atoms with Gasteiger partial charge < -0.3 is 14.4 Å². The lowest BCUT2D eigenvalue weighted by Gasteiger charge is -2.26. The highest BCUT2D eigenvalue weighted by molar-refractivity contribution is 5.95. The topological polar surface area (TPSA) is 38.8 Å². The van der Waals surface area contributed by atoms with Crippen molar-refractivity contribution in [2.24, 2.45) is 0 Å². The summed E-state index contributed by atoms with van der Waals surface area (Å²) in [5.74, 6) is 1.43. The first-order chi connectivity index (χ1) is 11.2. The van der Waals surface area contributed by atoms with Crippen molar-refractivity contribution in [3.05, 3.63) is 59.2 Å². The Morgan fingerprint density at radius 1 is 1.13 bits per heavy atom. The minimum atomic E-state index is 0.0639. The molecule has 2 aromatic carbocycles. The molecule has 0 spiro atoms. The first-order valence-electron chi connectivity index (χ1n) is 8.00. The van der Waals surface area contributed by atoms with E-state index in [0.717, 1.165) is 19.4 Å². The second-order valence-corrected chi connectivity index (χ2v) is 6.08. The number of fused-ring (bicyclic) bond motifs is 1. The molecule has 118 valence electrons. The molecule has 2 heterocycles. The SMILES string of the molecule is Cc1ccccc1[C@H]1CCCN1C(=O)c1ccc2c(c1)OCO2. The minimum Gasteiger partial charge on any atom is -0.454 e. The lowest BCUT2D eigenvalue weighted by Crippen LogP contribution is -2.30. The summed E-state index contributed by atoms with van der Waals surface area (Å²) in [6.45, 7) is 3.13. The molecule has 2 aliphatic rings. The Morgan fingerprint density at radius 3 is 2.83 bits per heavy atom. The summed E-state index contributed by atoms with van der Waals surface area (Å²) in [5, 5.41) is 0. The van der Waals surface area contributed by atoms with Crippen molar-refractivity contribution in [3.8, 4) is 11.5 Å². The first kappa shape index (κ1) is 14.1. The summed E-state index contributed by atoms with van der Waals surface area (Å²) in [7, 11) is 0. The molecular formula is C19H19NO3. The number of carbonyl (C=O) groups excluding carboxylic acids is 1. The maximum Gasteiger partial charge on any atom is 0.254 e. The van der Waals surface area contributed by atoms with Crippen LogP contribution in [0.2, 0.25) is 0 Å². The van der Waals surface area contributed by atoms with E-state index in [2.05, 4.69) is 19.1 Å². The molecule has 0 unspecified atom stereocenters. The van der Waals surface area contributed by atoms with Gasteiger partial charge in [-0.2, -0.15) is 0 Å². The van der Waals surface area contributed by atoms with Crippen molar-refractivity contribution in [1.82, 2.24) is 4.90 Å². The van der Waals surface area contributed by atoms with Crippen LogP contribution in [0.15, 0.2) is 42.5 Å². The van der Waals surface area contributed by atoms with E-state index >= 15 is 0 Å². The fraction of sp³-hybridized carbons (Fsp3) is 0.316. The molecule has 1 saturated heterocycles. The van der Waals surface area contributed by atoms with Crippen molar-refractivity contribution < 1.29 is 14.3 Å². The smallest absolute Gasteiger partial charge is 0.254 e. The Balaban J connectivity index is 1.64. The molecule has 4 nitrogen and oxygen atoms in total. The van der Waals surface area contributed by atoms with Crippen LogP contribution in [0.25, 0.3) is 0 Å². The Labute approximate surface area is 135 Å². The zero-order valence-corrected chi connectivity index (χ0v) is 13.1. The molecule has 2 aliphatic heterocycles. The molecule has 1 fully saturated rings. The van der Waals surface area contributed by atoms with E-state index in [4.69, 9.17) is 9.47 Å². The number of ether oxygens (including phenoxy) is 2. The van der Waals surface area contributed by atoms with Crippen LogP contribution in [0.5, 0.6) is 11.5 Å². The minimum absolute atomic E-state index is 0.0639. The number of carbonyl (C=O) groups is 1. The summed E-state index contributed by atoms with van der Waals surface area (Å²) < 4.78 is 10.7. The molecule has 1 amide bonds. The van der Waals surface area contributed by atoms with E-state index < -0.39 is 0 Å². The van der Waals surface area contributed by atoms with Crippen LogP contribution in [0.1, 0.15) is 40.4 Å². The lowest BCUT2D eigenvalue weighted by molar-refractivity contribution is 0.0735. The Bertz CT molecular complexity index is 756. The maximum absolute atomic E-state index is 13.0. The molecule has 4 rings (SSSR count). The van der Waals surface area contributed by atoms with Crippen molar-refractivity contribution in [2.45, 2.75) is 25.8 Å². The van der Waals surface area contributed by atoms with Crippen LogP contribution in [0, 0.1) is 6.92 Å². The van der Waals surface area contributed by atoms with E-state index in [-0.39, 0.29) is 18.7 Å². The lowest BCUT2D eigenvalue weighted by atomic mass is 9.99. The molecule has 0 aromatic heterocycles. The molecule has 2 aromatic rings. The van der Waals surface area contributed by atoms with E-state index in [1.165, 1.54) is 11.1 Å². The summed E-state index contributed by atoms with van der Waals surface area (Å²) in [4.78, 5) is 15.0. The van der Waals surface area contributed by atoms with E-state index in [1.807, 2.05) is 29.2 Å². The van der Waals surface area contributed by atoms with Crippen molar-refractivity contribution >= 4 is 5.91 Å². The van der Waals surface area contributed by atoms with Crippen molar-refractivity contribution in [1.29, 1.82) is 0 Å². The van der Waals surface area contributed by atoms with Crippen LogP contribution in [-0.4, -0.2) is 24.1 Å². The third-order valence-electron chi connectivity index (χ3n) is 4.68. The summed E-state index contributed by atoms with van der Waals surface area (Å²) >= 11 is 0. The van der Waals surface area contributed by atoms with Gasteiger partial charge in [-0.3, -0.25) is 4.79 Å². The number of hydrogen-bond acceptors (Lipinski definition) is 3. The summed E-state index contributed by atoms with van der Waals surface area (Å²) in [6.07, 6.45) is 2.05. The van der Waals surface area contributed by atoms with Crippen LogP contribution in [0.3, 0.4) is 0 Å². The van der Waals surface area contributed by atoms with Gasteiger partial charge in [-0.15, -0.1) is 0 Å². The molecule has 0 bridgehead atoms. The van der Waals surface area contributed by atoms with Gasteiger partial charge in [0.15, 0.2) is 11.5 Å². The third kappa shape index (κ3) is 2.44. The fourth-order valence-electron chi connectivity index (χ4n) is 3.49. The molecule has 4 heteroatoms. The van der Waals surface area contributed by atoms with Gasteiger partial charge in [0.05, 0.1) is 6.04 Å². The maximum atomic E-state index is 13.0. The number of likely N-dealkylation sites (tertiary alicyclic amines) is 1. The van der Waals surface area contributed by atoms with Gasteiger partial charge in [0.2, 0.25) is 6.79 Å². The second kappa shape index (κ2) is 5.61. The average molecular weight is 309 g/mol. The first-order valence-corrected chi connectivity index (χ1v) is 8.00. The third-order valence-corrected chi connectivity index (χ3v) is 4.68. The zero-order chi connectivity index (χ0) is 15.8. The van der Waals surface area contributed by atoms with Gasteiger partial charge in [0.1, 0.15) is 0 Å². The molecule has 0 aliphatic carbocycles.